The number of hydrogen-bond acceptors (Lipinski definition) is 3. The van der Waals surface area contributed by atoms with Crippen molar-refractivity contribution in [1.29, 1.82) is 0 Å². The number of ether oxygens (including phenoxy) is 1. The molecular formula is C15H14FNO2. The first-order valence-corrected chi connectivity index (χ1v) is 5.81. The molecule has 0 aromatic heterocycles. The third-order valence-electron chi connectivity index (χ3n) is 2.82. The Labute approximate surface area is 110 Å². The first-order chi connectivity index (χ1) is 9.10. The molecule has 0 aliphatic heterocycles. The van der Waals surface area contributed by atoms with E-state index in [1.54, 1.807) is 19.2 Å². The maximum absolute atomic E-state index is 13.3. The van der Waals surface area contributed by atoms with E-state index in [0.29, 0.717) is 11.3 Å². The quantitative estimate of drug-likeness (QED) is 0.678. The van der Waals surface area contributed by atoms with Gasteiger partial charge in [-0.15, -0.1) is 0 Å². The number of methoxy groups -OCH3 is 1. The molecule has 4 heteroatoms. The Balaban J connectivity index is 2.18. The largest absolute Gasteiger partial charge is 0.497 e. The van der Waals surface area contributed by atoms with Crippen LogP contribution in [0.3, 0.4) is 0 Å². The predicted octanol–water partition coefficient (Wildman–Crippen LogP) is 2.84. The lowest BCUT2D eigenvalue weighted by molar-refractivity contribution is 0.0992. The second-order valence-electron chi connectivity index (χ2n) is 4.19. The lowest BCUT2D eigenvalue weighted by Crippen LogP contribution is -2.05. The van der Waals surface area contributed by atoms with Crippen LogP contribution in [0.5, 0.6) is 5.75 Å². The van der Waals surface area contributed by atoms with Gasteiger partial charge in [-0.25, -0.2) is 4.39 Å². The molecule has 0 bridgehead atoms. The summed E-state index contributed by atoms with van der Waals surface area (Å²) in [6.45, 7) is 0. The molecule has 2 aromatic rings. The molecule has 0 fully saturated rings. The van der Waals surface area contributed by atoms with Crippen LogP contribution in [-0.4, -0.2) is 12.9 Å². The van der Waals surface area contributed by atoms with Gasteiger partial charge in [0.25, 0.3) is 0 Å². The molecule has 0 aliphatic rings. The summed E-state index contributed by atoms with van der Waals surface area (Å²) < 4.78 is 18.4. The van der Waals surface area contributed by atoms with Crippen molar-refractivity contribution in [2.45, 2.75) is 6.42 Å². The molecule has 2 aromatic carbocycles. The zero-order valence-electron chi connectivity index (χ0n) is 10.5. The number of hydrogen-bond donors (Lipinski definition) is 1. The molecule has 98 valence electrons. The average Bonchev–Trinajstić information content (AvgIpc) is 2.42. The third kappa shape index (κ3) is 3.10. The Bertz CT molecular complexity index is 611. The predicted molar refractivity (Wildman–Crippen MR) is 71.8 cm³/mol. The van der Waals surface area contributed by atoms with Gasteiger partial charge in [0, 0.05) is 12.0 Å². The fourth-order valence-corrected chi connectivity index (χ4v) is 1.77. The first kappa shape index (κ1) is 13.1. The van der Waals surface area contributed by atoms with Crippen LogP contribution in [0.4, 0.5) is 10.1 Å². The third-order valence-corrected chi connectivity index (χ3v) is 2.82. The molecule has 0 radical (unpaired) electrons. The molecule has 0 unspecified atom stereocenters. The average molecular weight is 259 g/mol. The molecule has 0 saturated carbocycles. The van der Waals surface area contributed by atoms with Crippen molar-refractivity contribution >= 4 is 11.5 Å². The molecule has 2 rings (SSSR count). The fourth-order valence-electron chi connectivity index (χ4n) is 1.77. The molecule has 0 saturated heterocycles. The topological polar surface area (TPSA) is 52.3 Å². The van der Waals surface area contributed by atoms with E-state index in [9.17, 15) is 9.18 Å². The normalized spacial score (nSPS) is 10.2. The van der Waals surface area contributed by atoms with E-state index in [4.69, 9.17) is 10.5 Å². The maximum atomic E-state index is 13.3. The molecule has 3 nitrogen and oxygen atoms in total. The van der Waals surface area contributed by atoms with E-state index in [-0.39, 0.29) is 17.9 Å². The summed E-state index contributed by atoms with van der Waals surface area (Å²) in [6, 6.07) is 11.3. The van der Waals surface area contributed by atoms with E-state index in [1.807, 2.05) is 12.1 Å². The van der Waals surface area contributed by atoms with Crippen LogP contribution in [0.25, 0.3) is 0 Å². The zero-order chi connectivity index (χ0) is 13.8. The minimum absolute atomic E-state index is 0.0398. The van der Waals surface area contributed by atoms with Crippen LogP contribution in [0.2, 0.25) is 0 Å². The monoisotopic (exact) mass is 259 g/mol. The number of anilines is 1. The van der Waals surface area contributed by atoms with Gasteiger partial charge in [-0.1, -0.05) is 12.1 Å². The van der Waals surface area contributed by atoms with Gasteiger partial charge in [0.15, 0.2) is 5.78 Å². The van der Waals surface area contributed by atoms with Gasteiger partial charge >= 0.3 is 0 Å². The maximum Gasteiger partial charge on any atom is 0.167 e. The van der Waals surface area contributed by atoms with Gasteiger partial charge in [0.05, 0.1) is 12.8 Å². The van der Waals surface area contributed by atoms with Crippen LogP contribution < -0.4 is 10.5 Å². The van der Waals surface area contributed by atoms with Gasteiger partial charge in [-0.2, -0.15) is 0 Å². The number of halogens is 1. The number of benzene rings is 2. The Hall–Kier alpha value is -2.36. The van der Waals surface area contributed by atoms with Gasteiger partial charge < -0.3 is 10.5 Å². The summed E-state index contributed by atoms with van der Waals surface area (Å²) in [5.74, 6) is -0.0440. The van der Waals surface area contributed by atoms with E-state index >= 15 is 0 Å². The second-order valence-corrected chi connectivity index (χ2v) is 4.19. The van der Waals surface area contributed by atoms with E-state index in [2.05, 4.69) is 0 Å². The van der Waals surface area contributed by atoms with Crippen molar-refractivity contribution in [3.8, 4) is 5.75 Å². The standard InChI is InChI=1S/C15H14FNO2/c1-19-12-4-2-3-10(7-12)8-15(18)11-5-6-14(17)13(16)9-11/h2-7,9H,8,17H2,1H3. The highest BCUT2D eigenvalue weighted by Gasteiger charge is 2.10. The summed E-state index contributed by atoms with van der Waals surface area (Å²) in [5, 5.41) is 0. The molecular weight excluding hydrogens is 245 g/mol. The molecule has 0 atom stereocenters. The van der Waals surface area contributed by atoms with Crippen LogP contribution >= 0.6 is 0 Å². The van der Waals surface area contributed by atoms with Gasteiger partial charge in [-0.3, -0.25) is 4.79 Å². The van der Waals surface area contributed by atoms with Crippen molar-refractivity contribution in [3.05, 3.63) is 59.4 Å². The van der Waals surface area contributed by atoms with Crippen molar-refractivity contribution in [1.82, 2.24) is 0 Å². The molecule has 2 N–H and O–H groups in total. The Morgan fingerprint density at radius 3 is 2.74 bits per heavy atom. The lowest BCUT2D eigenvalue weighted by atomic mass is 10.0. The Morgan fingerprint density at radius 1 is 1.26 bits per heavy atom. The highest BCUT2D eigenvalue weighted by molar-refractivity contribution is 5.97. The van der Waals surface area contributed by atoms with Crippen molar-refractivity contribution in [2.24, 2.45) is 0 Å². The molecule has 19 heavy (non-hydrogen) atoms. The number of rotatable bonds is 4. The molecule has 0 spiro atoms. The van der Waals surface area contributed by atoms with Crippen LogP contribution in [0, 0.1) is 5.82 Å². The van der Waals surface area contributed by atoms with Gasteiger partial charge in [0.2, 0.25) is 0 Å². The lowest BCUT2D eigenvalue weighted by Gasteiger charge is -2.05. The molecule has 0 aliphatic carbocycles. The number of nitrogens with two attached hydrogens (primary N) is 1. The van der Waals surface area contributed by atoms with Gasteiger partial charge in [-0.05, 0) is 35.9 Å². The van der Waals surface area contributed by atoms with Crippen LogP contribution in [0.1, 0.15) is 15.9 Å². The summed E-state index contributed by atoms with van der Waals surface area (Å²) in [5.41, 5.74) is 6.55. The number of carbonyl (C=O) groups is 1. The summed E-state index contributed by atoms with van der Waals surface area (Å²) in [7, 11) is 1.57. The summed E-state index contributed by atoms with van der Waals surface area (Å²) in [6.07, 6.45) is 0.195. The summed E-state index contributed by atoms with van der Waals surface area (Å²) >= 11 is 0. The van der Waals surface area contributed by atoms with Crippen LogP contribution in [0.15, 0.2) is 42.5 Å². The Morgan fingerprint density at radius 2 is 2.05 bits per heavy atom. The minimum Gasteiger partial charge on any atom is -0.497 e. The number of nitrogen functional groups attached to an aromatic ring is 1. The van der Waals surface area contributed by atoms with E-state index < -0.39 is 5.82 Å². The van der Waals surface area contributed by atoms with Crippen LogP contribution in [-0.2, 0) is 6.42 Å². The van der Waals surface area contributed by atoms with Gasteiger partial charge in [0.1, 0.15) is 11.6 Å². The number of carbonyl (C=O) groups excluding carboxylic acids is 1. The number of Topliss-reactive ketones (excluding diaryl/α,β-unsaturated/α-hetero) is 1. The summed E-state index contributed by atoms with van der Waals surface area (Å²) in [4.78, 5) is 12.0. The molecule has 0 amide bonds. The Kier molecular flexibility index (Phi) is 3.80. The van der Waals surface area contributed by atoms with Crippen molar-refractivity contribution < 1.29 is 13.9 Å². The second kappa shape index (κ2) is 5.52. The highest BCUT2D eigenvalue weighted by Crippen LogP contribution is 2.17. The van der Waals surface area contributed by atoms with E-state index in [1.165, 1.54) is 12.1 Å². The molecule has 0 heterocycles. The fraction of sp³-hybridized carbons (Fsp3) is 0.133. The highest BCUT2D eigenvalue weighted by atomic mass is 19.1. The van der Waals surface area contributed by atoms with E-state index in [0.717, 1.165) is 11.6 Å². The minimum atomic E-state index is -0.573. The SMILES string of the molecule is COc1cccc(CC(=O)c2ccc(N)c(F)c2)c1. The number of ketones is 1. The van der Waals surface area contributed by atoms with Crippen molar-refractivity contribution in [3.63, 3.8) is 0 Å². The first-order valence-electron chi connectivity index (χ1n) is 5.81. The zero-order valence-corrected chi connectivity index (χ0v) is 10.5. The smallest absolute Gasteiger partial charge is 0.167 e. The van der Waals surface area contributed by atoms with Crippen molar-refractivity contribution in [2.75, 3.05) is 12.8 Å².